The topological polar surface area (TPSA) is 60.9 Å². The van der Waals surface area contributed by atoms with E-state index in [1.807, 2.05) is 0 Å². The van der Waals surface area contributed by atoms with Gasteiger partial charge in [0.1, 0.15) is 11.6 Å². The average Bonchev–Trinajstić information content (AvgIpc) is 3.36. The molecule has 2 aromatic carbocycles. The fourth-order valence-electron chi connectivity index (χ4n) is 4.16. The molecule has 5 nitrogen and oxygen atoms in total. The van der Waals surface area contributed by atoms with Gasteiger partial charge in [-0.15, -0.1) is 0 Å². The Morgan fingerprint density at radius 3 is 2.32 bits per heavy atom. The highest BCUT2D eigenvalue weighted by molar-refractivity contribution is 6.46. The molecule has 1 unspecified atom stereocenters. The van der Waals surface area contributed by atoms with E-state index in [1.54, 1.807) is 18.2 Å². The van der Waals surface area contributed by atoms with E-state index >= 15 is 0 Å². The van der Waals surface area contributed by atoms with Gasteiger partial charge in [0, 0.05) is 18.7 Å². The summed E-state index contributed by atoms with van der Waals surface area (Å²) in [7, 11) is 0. The zero-order valence-corrected chi connectivity index (χ0v) is 18.2. The van der Waals surface area contributed by atoms with E-state index in [9.17, 15) is 19.1 Å². The number of likely N-dealkylation sites (tertiary alicyclic amines) is 2. The van der Waals surface area contributed by atoms with E-state index < -0.39 is 23.5 Å². The normalized spacial score (nSPS) is 21.3. The largest absolute Gasteiger partial charge is 0.507 e. The molecule has 0 aromatic heterocycles. The van der Waals surface area contributed by atoms with E-state index in [-0.39, 0.29) is 21.9 Å². The molecule has 4 rings (SSSR count). The van der Waals surface area contributed by atoms with Gasteiger partial charge in [-0.1, -0.05) is 29.3 Å². The molecule has 2 saturated heterocycles. The Morgan fingerprint density at radius 1 is 1.00 bits per heavy atom. The molecule has 2 aliphatic rings. The molecule has 2 aromatic rings. The van der Waals surface area contributed by atoms with Crippen molar-refractivity contribution in [3.05, 3.63) is 75.0 Å². The quantitative estimate of drug-likeness (QED) is 0.399. The third kappa shape index (κ3) is 4.33. The molecule has 0 bridgehead atoms. The molecule has 2 heterocycles. The van der Waals surface area contributed by atoms with Crippen molar-refractivity contribution in [2.45, 2.75) is 18.9 Å². The van der Waals surface area contributed by atoms with E-state index in [1.165, 1.54) is 29.2 Å². The van der Waals surface area contributed by atoms with E-state index in [4.69, 9.17) is 23.2 Å². The van der Waals surface area contributed by atoms with Crippen LogP contribution in [0.5, 0.6) is 0 Å². The first-order chi connectivity index (χ1) is 14.9. The van der Waals surface area contributed by atoms with E-state index in [2.05, 4.69) is 4.90 Å². The zero-order valence-electron chi connectivity index (χ0n) is 16.7. The van der Waals surface area contributed by atoms with Crippen LogP contribution in [0, 0.1) is 5.82 Å². The van der Waals surface area contributed by atoms with Crippen LogP contribution in [0.3, 0.4) is 0 Å². The number of benzene rings is 2. The van der Waals surface area contributed by atoms with Gasteiger partial charge in [-0.3, -0.25) is 9.59 Å². The maximum Gasteiger partial charge on any atom is 0.295 e. The number of hydrogen-bond acceptors (Lipinski definition) is 4. The second-order valence-corrected chi connectivity index (χ2v) is 8.54. The number of halogens is 3. The minimum absolute atomic E-state index is 0.0450. The van der Waals surface area contributed by atoms with Gasteiger partial charge in [-0.25, -0.2) is 4.39 Å². The second-order valence-electron chi connectivity index (χ2n) is 7.72. The molecular weight excluding hydrogens is 442 g/mol. The van der Waals surface area contributed by atoms with Crippen molar-refractivity contribution in [1.82, 2.24) is 9.80 Å². The van der Waals surface area contributed by atoms with Crippen molar-refractivity contribution in [3.8, 4) is 0 Å². The Hall–Kier alpha value is -2.41. The summed E-state index contributed by atoms with van der Waals surface area (Å²) in [5, 5.41) is 11.6. The molecule has 0 saturated carbocycles. The lowest BCUT2D eigenvalue weighted by Crippen LogP contribution is -2.37. The van der Waals surface area contributed by atoms with Crippen molar-refractivity contribution in [1.29, 1.82) is 0 Å². The molecule has 8 heteroatoms. The molecule has 1 N–H and O–H groups in total. The lowest BCUT2D eigenvalue weighted by Gasteiger charge is -2.27. The predicted octanol–water partition coefficient (Wildman–Crippen LogP) is 4.65. The fraction of sp³-hybridized carbons (Fsp3) is 0.304. The first-order valence-electron chi connectivity index (χ1n) is 10.1. The smallest absolute Gasteiger partial charge is 0.295 e. The molecule has 2 fully saturated rings. The summed E-state index contributed by atoms with van der Waals surface area (Å²) >= 11 is 12.3. The van der Waals surface area contributed by atoms with Crippen molar-refractivity contribution in [2.75, 3.05) is 26.2 Å². The van der Waals surface area contributed by atoms with Crippen LogP contribution in [0.15, 0.2) is 48.0 Å². The molecule has 2 aliphatic heterocycles. The van der Waals surface area contributed by atoms with Crippen LogP contribution in [0.4, 0.5) is 4.39 Å². The Bertz CT molecular complexity index is 1050. The predicted molar refractivity (Wildman–Crippen MR) is 118 cm³/mol. The monoisotopic (exact) mass is 462 g/mol. The summed E-state index contributed by atoms with van der Waals surface area (Å²) < 4.78 is 13.3. The standard InChI is InChI=1S/C23H21Cl2FN2O3/c24-17-8-5-15(13-18(17)25)20-19(21(29)14-3-6-16(26)7-4-14)22(30)23(31)28(20)12-11-27-9-1-2-10-27/h3-8,13,20,29H,1-2,9-12H2/b21-19+. The lowest BCUT2D eigenvalue weighted by molar-refractivity contribution is -0.140. The summed E-state index contributed by atoms with van der Waals surface area (Å²) in [5.74, 6) is -2.28. The van der Waals surface area contributed by atoms with Gasteiger partial charge >= 0.3 is 0 Å². The number of aliphatic hydroxyl groups excluding tert-OH is 1. The van der Waals surface area contributed by atoms with Crippen LogP contribution in [0.25, 0.3) is 5.76 Å². The summed E-state index contributed by atoms with van der Waals surface area (Å²) in [6, 6.07) is 9.18. The number of hydrogen-bond donors (Lipinski definition) is 1. The summed E-state index contributed by atoms with van der Waals surface area (Å²) in [5.41, 5.74) is 0.777. The lowest BCUT2D eigenvalue weighted by atomic mass is 9.95. The number of ketones is 1. The van der Waals surface area contributed by atoms with Gasteiger partial charge in [0.15, 0.2) is 0 Å². The summed E-state index contributed by atoms with van der Waals surface area (Å²) in [4.78, 5) is 29.6. The SMILES string of the molecule is O=C1C(=O)N(CCN2CCCC2)C(c2ccc(Cl)c(Cl)c2)/C1=C(\O)c1ccc(F)cc1. The van der Waals surface area contributed by atoms with Gasteiger partial charge in [0.25, 0.3) is 11.7 Å². The number of carbonyl (C=O) groups is 2. The van der Waals surface area contributed by atoms with Gasteiger partial charge in [-0.05, 0) is 67.9 Å². The van der Waals surface area contributed by atoms with Crippen LogP contribution in [-0.4, -0.2) is 52.8 Å². The maximum atomic E-state index is 13.3. The Balaban J connectivity index is 1.78. The molecular formula is C23H21Cl2FN2O3. The van der Waals surface area contributed by atoms with Crippen LogP contribution < -0.4 is 0 Å². The van der Waals surface area contributed by atoms with Gasteiger partial charge in [-0.2, -0.15) is 0 Å². The zero-order chi connectivity index (χ0) is 22.1. The fourth-order valence-corrected chi connectivity index (χ4v) is 4.46. The molecule has 0 spiro atoms. The minimum Gasteiger partial charge on any atom is -0.507 e. The number of carbonyl (C=O) groups excluding carboxylic acids is 2. The number of nitrogens with zero attached hydrogens (tertiary/aromatic N) is 2. The highest BCUT2D eigenvalue weighted by Gasteiger charge is 2.46. The van der Waals surface area contributed by atoms with Crippen molar-refractivity contribution in [3.63, 3.8) is 0 Å². The number of Topliss-reactive ketones (excluding diaryl/α,β-unsaturated/α-hetero) is 1. The van der Waals surface area contributed by atoms with Crippen LogP contribution >= 0.6 is 23.2 Å². The highest BCUT2D eigenvalue weighted by atomic mass is 35.5. The third-order valence-corrected chi connectivity index (χ3v) is 6.51. The molecule has 0 radical (unpaired) electrons. The Labute approximate surface area is 189 Å². The summed E-state index contributed by atoms with van der Waals surface area (Å²) in [6.45, 7) is 2.87. The van der Waals surface area contributed by atoms with Crippen molar-refractivity contribution >= 4 is 40.7 Å². The van der Waals surface area contributed by atoms with E-state index in [0.29, 0.717) is 23.7 Å². The van der Waals surface area contributed by atoms with Crippen LogP contribution in [-0.2, 0) is 9.59 Å². The van der Waals surface area contributed by atoms with Crippen LogP contribution in [0.1, 0.15) is 30.0 Å². The van der Waals surface area contributed by atoms with Crippen molar-refractivity contribution in [2.24, 2.45) is 0 Å². The number of rotatable bonds is 5. The average molecular weight is 463 g/mol. The first kappa shape index (κ1) is 21.8. The van der Waals surface area contributed by atoms with Crippen molar-refractivity contribution < 1.29 is 19.1 Å². The number of amides is 1. The molecule has 162 valence electrons. The van der Waals surface area contributed by atoms with Gasteiger partial charge < -0.3 is 14.9 Å². The molecule has 31 heavy (non-hydrogen) atoms. The van der Waals surface area contributed by atoms with Crippen LogP contribution in [0.2, 0.25) is 10.0 Å². The Morgan fingerprint density at radius 2 is 1.68 bits per heavy atom. The molecule has 1 atom stereocenters. The Kier molecular flexibility index (Phi) is 6.32. The molecule has 0 aliphatic carbocycles. The maximum absolute atomic E-state index is 13.3. The number of aliphatic hydroxyl groups is 1. The molecule has 1 amide bonds. The van der Waals surface area contributed by atoms with Gasteiger partial charge in [0.05, 0.1) is 21.7 Å². The highest BCUT2D eigenvalue weighted by Crippen LogP contribution is 2.40. The third-order valence-electron chi connectivity index (χ3n) is 5.77. The minimum atomic E-state index is -0.817. The summed E-state index contributed by atoms with van der Waals surface area (Å²) in [6.07, 6.45) is 2.22. The second kappa shape index (κ2) is 8.99. The van der Waals surface area contributed by atoms with Gasteiger partial charge in [0.2, 0.25) is 0 Å². The first-order valence-corrected chi connectivity index (χ1v) is 10.8. The van der Waals surface area contributed by atoms with E-state index in [0.717, 1.165) is 25.9 Å².